The number of carbonyl (C=O) groups is 2. The van der Waals surface area contributed by atoms with Gasteiger partial charge in [0.25, 0.3) is 0 Å². The van der Waals surface area contributed by atoms with Crippen molar-refractivity contribution in [3.8, 4) is 0 Å². The number of nitrogens with zero attached hydrogens (tertiary/aromatic N) is 1. The number of fused-ring (bicyclic) bond motifs is 3. The van der Waals surface area contributed by atoms with Crippen LogP contribution in [-0.4, -0.2) is 27.6 Å². The fourth-order valence-corrected chi connectivity index (χ4v) is 4.72. The molecule has 1 heterocycles. The van der Waals surface area contributed by atoms with Crippen molar-refractivity contribution >= 4 is 22.8 Å². The Balaban J connectivity index is 1.53. The minimum Gasteiger partial charge on any atom is -0.480 e. The first-order valence-corrected chi connectivity index (χ1v) is 10.9. The number of benzene rings is 2. The largest absolute Gasteiger partial charge is 0.480 e. The van der Waals surface area contributed by atoms with Crippen molar-refractivity contribution in [2.24, 2.45) is 0 Å². The van der Waals surface area contributed by atoms with E-state index in [1.165, 1.54) is 24.3 Å². The van der Waals surface area contributed by atoms with E-state index in [9.17, 15) is 23.5 Å². The zero-order valence-corrected chi connectivity index (χ0v) is 17.9. The minimum absolute atomic E-state index is 0.0883. The highest BCUT2D eigenvalue weighted by atomic mass is 19.1. The first-order chi connectivity index (χ1) is 15.4. The van der Waals surface area contributed by atoms with E-state index in [-0.39, 0.29) is 23.6 Å². The van der Waals surface area contributed by atoms with E-state index in [0.29, 0.717) is 49.4 Å². The van der Waals surface area contributed by atoms with Gasteiger partial charge in [-0.1, -0.05) is 19.1 Å². The standard InChI is InChI=1S/C25H26F2N2O3/c1-2-21(25(31)32)29-22-10-8-17(27)13-19(22)20-14-18(9-11-23(20)29)28-24(30)12-5-15-3-6-16(26)7-4-15/h3-4,6-8,10,13,18,21H,2,5,9,11-12,14H2,1H3,(H,28,30)(H,31,32)/t18-,21?/m0/s1. The van der Waals surface area contributed by atoms with Crippen molar-refractivity contribution in [1.29, 1.82) is 0 Å². The van der Waals surface area contributed by atoms with Crippen LogP contribution in [0.25, 0.3) is 10.9 Å². The van der Waals surface area contributed by atoms with Crippen LogP contribution < -0.4 is 5.32 Å². The van der Waals surface area contributed by atoms with Crippen molar-refractivity contribution in [2.45, 2.75) is 57.5 Å². The molecule has 5 nitrogen and oxygen atoms in total. The first kappa shape index (κ1) is 22.0. The third-order valence-electron chi connectivity index (χ3n) is 6.27. The van der Waals surface area contributed by atoms with Crippen molar-refractivity contribution in [3.63, 3.8) is 0 Å². The number of halogens is 2. The fraction of sp³-hybridized carbons (Fsp3) is 0.360. The molecule has 1 unspecified atom stereocenters. The van der Waals surface area contributed by atoms with Crippen molar-refractivity contribution in [1.82, 2.24) is 9.88 Å². The lowest BCUT2D eigenvalue weighted by Gasteiger charge is -2.26. The van der Waals surface area contributed by atoms with Gasteiger partial charge in [-0.25, -0.2) is 13.6 Å². The number of carboxylic acids is 1. The highest BCUT2D eigenvalue weighted by Gasteiger charge is 2.30. The molecule has 168 valence electrons. The van der Waals surface area contributed by atoms with Crippen LogP contribution in [0.3, 0.4) is 0 Å². The number of aryl methyl sites for hydroxylation is 1. The molecule has 7 heteroatoms. The van der Waals surface area contributed by atoms with Crippen LogP contribution in [0.4, 0.5) is 8.78 Å². The molecule has 2 aromatic carbocycles. The Kier molecular flexibility index (Phi) is 6.26. The van der Waals surface area contributed by atoms with E-state index in [1.54, 1.807) is 18.2 Å². The highest BCUT2D eigenvalue weighted by molar-refractivity contribution is 5.88. The van der Waals surface area contributed by atoms with Gasteiger partial charge in [-0.3, -0.25) is 4.79 Å². The summed E-state index contributed by atoms with van der Waals surface area (Å²) in [6.45, 7) is 1.83. The summed E-state index contributed by atoms with van der Waals surface area (Å²) in [5, 5.41) is 13.5. The van der Waals surface area contributed by atoms with Gasteiger partial charge in [0.2, 0.25) is 5.91 Å². The Hall–Kier alpha value is -3.22. The Morgan fingerprint density at radius 1 is 1.16 bits per heavy atom. The van der Waals surface area contributed by atoms with E-state index in [2.05, 4.69) is 5.32 Å². The molecule has 4 rings (SSSR count). The van der Waals surface area contributed by atoms with Gasteiger partial charge >= 0.3 is 5.97 Å². The molecule has 0 spiro atoms. The quantitative estimate of drug-likeness (QED) is 0.566. The van der Waals surface area contributed by atoms with Gasteiger partial charge in [-0.2, -0.15) is 0 Å². The lowest BCUT2D eigenvalue weighted by atomic mass is 9.91. The average Bonchev–Trinajstić information content (AvgIpc) is 3.07. The topological polar surface area (TPSA) is 71.3 Å². The zero-order chi connectivity index (χ0) is 22.8. The molecule has 0 saturated heterocycles. The molecule has 0 saturated carbocycles. The van der Waals surface area contributed by atoms with Gasteiger partial charge in [0.15, 0.2) is 0 Å². The lowest BCUT2D eigenvalue weighted by Crippen LogP contribution is -2.39. The predicted octanol–water partition coefficient (Wildman–Crippen LogP) is 4.56. The molecule has 1 amide bonds. The Morgan fingerprint density at radius 2 is 1.88 bits per heavy atom. The number of rotatable bonds is 7. The number of carbonyl (C=O) groups excluding carboxylic acids is 1. The van der Waals surface area contributed by atoms with Crippen LogP contribution in [0.1, 0.15) is 49.0 Å². The van der Waals surface area contributed by atoms with Crippen LogP contribution in [-0.2, 0) is 28.9 Å². The lowest BCUT2D eigenvalue weighted by molar-refractivity contribution is -0.141. The van der Waals surface area contributed by atoms with Gasteiger partial charge in [-0.15, -0.1) is 0 Å². The smallest absolute Gasteiger partial charge is 0.326 e. The number of carboxylic acid groups (broad SMARTS) is 1. The maximum absolute atomic E-state index is 14.0. The van der Waals surface area contributed by atoms with Crippen LogP contribution in [0, 0.1) is 11.6 Å². The summed E-state index contributed by atoms with van der Waals surface area (Å²) in [5.74, 6) is -1.67. The second-order valence-corrected chi connectivity index (χ2v) is 8.35. The number of amides is 1. The maximum Gasteiger partial charge on any atom is 0.326 e. The monoisotopic (exact) mass is 440 g/mol. The molecule has 0 bridgehead atoms. The predicted molar refractivity (Wildman–Crippen MR) is 118 cm³/mol. The maximum atomic E-state index is 14.0. The molecule has 0 radical (unpaired) electrons. The van der Waals surface area contributed by atoms with Gasteiger partial charge in [0.05, 0.1) is 0 Å². The molecule has 1 aromatic heterocycles. The van der Waals surface area contributed by atoms with E-state index >= 15 is 0 Å². The Morgan fingerprint density at radius 3 is 2.56 bits per heavy atom. The van der Waals surface area contributed by atoms with Crippen LogP contribution in [0.2, 0.25) is 0 Å². The van der Waals surface area contributed by atoms with Gasteiger partial charge in [0.1, 0.15) is 17.7 Å². The average molecular weight is 440 g/mol. The van der Waals surface area contributed by atoms with Crippen molar-refractivity contribution in [3.05, 3.63) is 70.9 Å². The van der Waals surface area contributed by atoms with E-state index in [1.807, 2.05) is 11.5 Å². The van der Waals surface area contributed by atoms with Crippen molar-refractivity contribution < 1.29 is 23.5 Å². The summed E-state index contributed by atoms with van der Waals surface area (Å²) < 4.78 is 28.9. The van der Waals surface area contributed by atoms with E-state index in [0.717, 1.165) is 16.8 Å². The normalized spacial score (nSPS) is 16.5. The van der Waals surface area contributed by atoms with Gasteiger partial charge in [0, 0.05) is 29.1 Å². The van der Waals surface area contributed by atoms with Crippen molar-refractivity contribution in [2.75, 3.05) is 0 Å². The Bertz CT molecular complexity index is 1150. The number of aromatic nitrogens is 1. The molecule has 32 heavy (non-hydrogen) atoms. The van der Waals surface area contributed by atoms with E-state index < -0.39 is 12.0 Å². The summed E-state index contributed by atoms with van der Waals surface area (Å²) in [7, 11) is 0. The SMILES string of the molecule is CCC(C(=O)O)n1c2c(c3cc(F)ccc31)C[C@@H](NC(=O)CCc1ccc(F)cc1)CC2. The highest BCUT2D eigenvalue weighted by Crippen LogP contribution is 2.36. The molecular formula is C25H26F2N2O3. The minimum atomic E-state index is -0.909. The fourth-order valence-electron chi connectivity index (χ4n) is 4.72. The molecule has 0 aliphatic heterocycles. The zero-order valence-electron chi connectivity index (χ0n) is 17.9. The number of hydrogen-bond acceptors (Lipinski definition) is 2. The van der Waals surface area contributed by atoms with Crippen LogP contribution in [0.15, 0.2) is 42.5 Å². The summed E-state index contributed by atoms with van der Waals surface area (Å²) >= 11 is 0. The van der Waals surface area contributed by atoms with Crippen LogP contribution in [0.5, 0.6) is 0 Å². The third-order valence-corrected chi connectivity index (χ3v) is 6.27. The number of aliphatic carboxylic acids is 1. The molecule has 0 fully saturated rings. The molecule has 3 aromatic rings. The summed E-state index contributed by atoms with van der Waals surface area (Å²) in [6, 6.07) is 9.74. The molecule has 2 N–H and O–H groups in total. The first-order valence-electron chi connectivity index (χ1n) is 10.9. The second kappa shape index (κ2) is 9.10. The summed E-state index contributed by atoms with van der Waals surface area (Å²) in [6.07, 6.45) is 3.06. The molecular weight excluding hydrogens is 414 g/mol. The van der Waals surface area contributed by atoms with Gasteiger partial charge < -0.3 is 15.0 Å². The molecule has 1 aliphatic rings. The molecule has 2 atom stereocenters. The number of hydrogen-bond donors (Lipinski definition) is 2. The second-order valence-electron chi connectivity index (χ2n) is 8.35. The molecule has 1 aliphatic carbocycles. The van der Waals surface area contributed by atoms with Gasteiger partial charge in [-0.05, 0) is 73.6 Å². The van der Waals surface area contributed by atoms with E-state index in [4.69, 9.17) is 0 Å². The summed E-state index contributed by atoms with van der Waals surface area (Å²) in [4.78, 5) is 24.4. The Labute approximate surface area is 185 Å². The number of nitrogens with one attached hydrogen (secondary N) is 1. The van der Waals surface area contributed by atoms with Crippen LogP contribution >= 0.6 is 0 Å². The third kappa shape index (κ3) is 4.38. The summed E-state index contributed by atoms with van der Waals surface area (Å²) in [5.41, 5.74) is 3.44.